The fraction of sp³-hybridized carbons (Fsp3) is 0.360. The normalized spacial score (nSPS) is 15.8. The first-order valence-corrected chi connectivity index (χ1v) is 10.8. The molecule has 0 unspecified atom stereocenters. The smallest absolute Gasteiger partial charge is 0.287 e. The average molecular weight is 405 g/mol. The minimum atomic E-state index is -0.356. The second-order valence-corrected chi connectivity index (χ2v) is 7.89. The van der Waals surface area contributed by atoms with Crippen molar-refractivity contribution in [1.29, 1.82) is 0 Å². The van der Waals surface area contributed by atoms with Gasteiger partial charge in [-0.1, -0.05) is 49.7 Å². The van der Waals surface area contributed by atoms with Crippen molar-refractivity contribution in [1.82, 2.24) is 10.2 Å². The number of benzene rings is 2. The molecule has 0 saturated carbocycles. The maximum absolute atomic E-state index is 12.8. The molecule has 1 amide bonds. The van der Waals surface area contributed by atoms with Crippen LogP contribution < -0.4 is 10.7 Å². The fourth-order valence-corrected chi connectivity index (χ4v) is 4.16. The predicted octanol–water partition coefficient (Wildman–Crippen LogP) is 4.31. The number of rotatable bonds is 6. The second-order valence-electron chi connectivity index (χ2n) is 7.89. The highest BCUT2D eigenvalue weighted by Crippen LogP contribution is 2.25. The summed E-state index contributed by atoms with van der Waals surface area (Å²) in [5.41, 5.74) is 2.73. The molecule has 0 aliphatic carbocycles. The van der Waals surface area contributed by atoms with Crippen molar-refractivity contribution >= 4 is 16.9 Å². The Morgan fingerprint density at radius 3 is 2.53 bits per heavy atom. The van der Waals surface area contributed by atoms with E-state index >= 15 is 0 Å². The number of para-hydroxylation sites is 1. The highest BCUT2D eigenvalue weighted by Gasteiger charge is 2.23. The van der Waals surface area contributed by atoms with Gasteiger partial charge in [-0.2, -0.15) is 0 Å². The van der Waals surface area contributed by atoms with Crippen LogP contribution in [0.25, 0.3) is 11.0 Å². The molecule has 1 fully saturated rings. The van der Waals surface area contributed by atoms with Gasteiger partial charge in [0.1, 0.15) is 5.58 Å². The molecule has 2 heterocycles. The summed E-state index contributed by atoms with van der Waals surface area (Å²) >= 11 is 0. The van der Waals surface area contributed by atoms with Gasteiger partial charge < -0.3 is 9.73 Å². The minimum absolute atomic E-state index is 0.0532. The highest BCUT2D eigenvalue weighted by atomic mass is 16.3. The number of carbonyl (C=O) groups is 1. The van der Waals surface area contributed by atoms with Crippen molar-refractivity contribution in [2.24, 2.45) is 0 Å². The van der Waals surface area contributed by atoms with Gasteiger partial charge in [0.25, 0.3) is 5.91 Å². The van der Waals surface area contributed by atoms with Crippen molar-refractivity contribution < 1.29 is 9.21 Å². The summed E-state index contributed by atoms with van der Waals surface area (Å²) in [7, 11) is 0. The van der Waals surface area contributed by atoms with Crippen molar-refractivity contribution in [2.45, 2.75) is 38.6 Å². The number of piperidine rings is 1. The van der Waals surface area contributed by atoms with Crippen LogP contribution in [-0.4, -0.2) is 30.4 Å². The average Bonchev–Trinajstić information content (AvgIpc) is 2.80. The van der Waals surface area contributed by atoms with Gasteiger partial charge >= 0.3 is 0 Å². The van der Waals surface area contributed by atoms with E-state index in [1.165, 1.54) is 36.5 Å². The van der Waals surface area contributed by atoms with Crippen molar-refractivity contribution in [3.8, 4) is 0 Å². The molecular weight excluding hydrogens is 376 g/mol. The summed E-state index contributed by atoms with van der Waals surface area (Å²) in [4.78, 5) is 27.6. The van der Waals surface area contributed by atoms with Crippen LogP contribution in [0.5, 0.6) is 0 Å². The summed E-state index contributed by atoms with van der Waals surface area (Å²) in [5, 5.41) is 3.48. The van der Waals surface area contributed by atoms with Gasteiger partial charge in [0, 0.05) is 12.6 Å². The first-order valence-electron chi connectivity index (χ1n) is 10.8. The Labute approximate surface area is 176 Å². The molecule has 1 aliphatic heterocycles. The molecule has 5 heteroatoms. The molecule has 1 N–H and O–H groups in total. The molecule has 4 rings (SSSR count). The molecule has 156 valence electrons. The van der Waals surface area contributed by atoms with Crippen LogP contribution in [0.1, 0.15) is 53.9 Å². The van der Waals surface area contributed by atoms with Gasteiger partial charge in [-0.15, -0.1) is 0 Å². The molecule has 1 saturated heterocycles. The van der Waals surface area contributed by atoms with Crippen LogP contribution in [0.4, 0.5) is 0 Å². The SMILES string of the molecule is CCc1ccc([C@H](CNC(=O)c2cc(=O)c3ccccc3o2)N2CCCCC2)cc1. The molecule has 1 atom stereocenters. The molecular formula is C25H28N2O3. The largest absolute Gasteiger partial charge is 0.451 e. The summed E-state index contributed by atoms with van der Waals surface area (Å²) in [5.74, 6) is -0.303. The Kier molecular flexibility index (Phi) is 6.29. The summed E-state index contributed by atoms with van der Waals surface area (Å²) < 4.78 is 5.69. The maximum Gasteiger partial charge on any atom is 0.287 e. The van der Waals surface area contributed by atoms with E-state index in [1.54, 1.807) is 24.3 Å². The molecule has 5 nitrogen and oxygen atoms in total. The molecule has 3 aromatic rings. The monoisotopic (exact) mass is 404 g/mol. The Morgan fingerprint density at radius 2 is 1.80 bits per heavy atom. The van der Waals surface area contributed by atoms with Crippen LogP contribution in [0.2, 0.25) is 0 Å². The van der Waals surface area contributed by atoms with E-state index in [-0.39, 0.29) is 23.1 Å². The Hall–Kier alpha value is -2.92. The number of fused-ring (bicyclic) bond motifs is 1. The lowest BCUT2D eigenvalue weighted by Gasteiger charge is -2.35. The number of likely N-dealkylation sites (tertiary alicyclic amines) is 1. The van der Waals surface area contributed by atoms with Crippen molar-refractivity contribution in [3.63, 3.8) is 0 Å². The van der Waals surface area contributed by atoms with E-state index in [2.05, 4.69) is 41.4 Å². The number of nitrogens with one attached hydrogen (secondary N) is 1. The van der Waals surface area contributed by atoms with Crippen LogP contribution in [0.3, 0.4) is 0 Å². The zero-order chi connectivity index (χ0) is 20.9. The van der Waals surface area contributed by atoms with Crippen LogP contribution in [0.15, 0.2) is 63.8 Å². The van der Waals surface area contributed by atoms with Crippen LogP contribution in [0, 0.1) is 0 Å². The standard InChI is InChI=1S/C25H28N2O3/c1-2-18-10-12-19(13-11-18)21(27-14-6-3-7-15-27)17-26-25(29)24-16-22(28)20-8-4-5-9-23(20)30-24/h4-5,8-13,16,21H,2-3,6-7,14-15,17H2,1H3,(H,26,29)/t21-/m0/s1. The molecule has 0 radical (unpaired) electrons. The van der Waals surface area contributed by atoms with Gasteiger partial charge in [-0.05, 0) is 55.6 Å². The number of hydrogen-bond donors (Lipinski definition) is 1. The van der Waals surface area contributed by atoms with E-state index in [0.717, 1.165) is 19.5 Å². The number of nitrogens with zero attached hydrogens (tertiary/aromatic N) is 1. The van der Waals surface area contributed by atoms with Crippen LogP contribution >= 0.6 is 0 Å². The summed E-state index contributed by atoms with van der Waals surface area (Å²) in [6.07, 6.45) is 4.62. The lowest BCUT2D eigenvalue weighted by molar-refractivity contribution is 0.0897. The Bertz CT molecular complexity index is 1070. The molecule has 1 aromatic heterocycles. The molecule has 0 spiro atoms. The van der Waals surface area contributed by atoms with Crippen LogP contribution in [-0.2, 0) is 6.42 Å². The second kappa shape index (κ2) is 9.26. The quantitative estimate of drug-likeness (QED) is 0.665. The summed E-state index contributed by atoms with van der Waals surface area (Å²) in [6.45, 7) is 4.68. The summed E-state index contributed by atoms with van der Waals surface area (Å²) in [6, 6.07) is 17.0. The third kappa shape index (κ3) is 4.46. The number of carbonyl (C=O) groups excluding carboxylic acids is 1. The van der Waals surface area contributed by atoms with Gasteiger partial charge in [0.05, 0.1) is 11.4 Å². The van der Waals surface area contributed by atoms with Crippen molar-refractivity contribution in [2.75, 3.05) is 19.6 Å². The van der Waals surface area contributed by atoms with Crippen molar-refractivity contribution in [3.05, 3.63) is 81.7 Å². The van der Waals surface area contributed by atoms with Gasteiger partial charge in [0.2, 0.25) is 0 Å². The lowest BCUT2D eigenvalue weighted by Crippen LogP contribution is -2.40. The topological polar surface area (TPSA) is 62.6 Å². The van der Waals surface area contributed by atoms with Gasteiger partial charge in [-0.3, -0.25) is 14.5 Å². The van der Waals surface area contributed by atoms with Gasteiger partial charge in [-0.25, -0.2) is 0 Å². The first kappa shape index (κ1) is 20.4. The van der Waals surface area contributed by atoms with E-state index in [0.29, 0.717) is 17.5 Å². The first-order chi connectivity index (χ1) is 14.7. The zero-order valence-electron chi connectivity index (χ0n) is 17.4. The predicted molar refractivity (Wildman–Crippen MR) is 119 cm³/mol. The molecule has 2 aromatic carbocycles. The van der Waals surface area contributed by atoms with E-state index in [9.17, 15) is 9.59 Å². The fourth-order valence-electron chi connectivity index (χ4n) is 4.16. The van der Waals surface area contributed by atoms with E-state index in [1.807, 2.05) is 0 Å². The number of hydrogen-bond acceptors (Lipinski definition) is 4. The highest BCUT2D eigenvalue weighted by molar-refractivity contribution is 5.93. The Morgan fingerprint density at radius 1 is 1.07 bits per heavy atom. The van der Waals surface area contributed by atoms with Gasteiger partial charge in [0.15, 0.2) is 11.2 Å². The molecule has 30 heavy (non-hydrogen) atoms. The third-order valence-corrected chi connectivity index (χ3v) is 5.92. The Balaban J connectivity index is 1.54. The number of amides is 1. The zero-order valence-corrected chi connectivity index (χ0v) is 17.4. The van der Waals surface area contributed by atoms with E-state index < -0.39 is 0 Å². The maximum atomic E-state index is 12.8. The molecule has 0 bridgehead atoms. The molecule has 1 aliphatic rings. The number of aryl methyl sites for hydroxylation is 1. The minimum Gasteiger partial charge on any atom is -0.451 e. The third-order valence-electron chi connectivity index (χ3n) is 5.92. The van der Waals surface area contributed by atoms with E-state index in [4.69, 9.17) is 4.42 Å². The lowest BCUT2D eigenvalue weighted by atomic mass is 9.99.